The van der Waals surface area contributed by atoms with Gasteiger partial charge in [0.2, 0.25) is 9.84 Å². The Labute approximate surface area is 252 Å². The SMILES string of the molecule is CCCCCCCCCCCCOc1ccc(S(=O)(=O)c2ccc(OCCCCCCCCCCCC)cc2)cc1. The summed E-state index contributed by atoms with van der Waals surface area (Å²) in [6.07, 6.45) is 25.8. The lowest BCUT2D eigenvalue weighted by molar-refractivity contribution is 0.304. The predicted octanol–water partition coefficient (Wildman–Crippen LogP) is 11.1. The van der Waals surface area contributed by atoms with Gasteiger partial charge >= 0.3 is 0 Å². The number of hydrogen-bond donors (Lipinski definition) is 0. The average Bonchev–Trinajstić information content (AvgIpc) is 2.99. The van der Waals surface area contributed by atoms with Gasteiger partial charge in [-0.2, -0.15) is 0 Å². The van der Waals surface area contributed by atoms with Crippen LogP contribution in [0.2, 0.25) is 0 Å². The Kier molecular flexibility index (Phi) is 19.4. The van der Waals surface area contributed by atoms with Gasteiger partial charge in [0.05, 0.1) is 23.0 Å². The van der Waals surface area contributed by atoms with E-state index in [4.69, 9.17) is 9.47 Å². The zero-order chi connectivity index (χ0) is 29.4. The van der Waals surface area contributed by atoms with Crippen LogP contribution in [0.15, 0.2) is 58.3 Å². The van der Waals surface area contributed by atoms with Crippen LogP contribution in [0, 0.1) is 0 Å². The Morgan fingerprint density at radius 1 is 0.415 bits per heavy atom. The molecule has 2 rings (SSSR count). The Balaban J connectivity index is 1.60. The summed E-state index contributed by atoms with van der Waals surface area (Å²) in [5.74, 6) is 1.44. The van der Waals surface area contributed by atoms with Gasteiger partial charge in [-0.15, -0.1) is 0 Å². The second kappa shape index (κ2) is 22.6. The van der Waals surface area contributed by atoms with Gasteiger partial charge in [-0.3, -0.25) is 0 Å². The lowest BCUT2D eigenvalue weighted by atomic mass is 10.1. The summed E-state index contributed by atoms with van der Waals surface area (Å²) in [5.41, 5.74) is 0. The second-order valence-electron chi connectivity index (χ2n) is 11.5. The van der Waals surface area contributed by atoms with E-state index in [1.54, 1.807) is 48.5 Å². The highest BCUT2D eigenvalue weighted by Crippen LogP contribution is 2.25. The van der Waals surface area contributed by atoms with Gasteiger partial charge in [0.25, 0.3) is 0 Å². The van der Waals surface area contributed by atoms with Crippen LogP contribution in [-0.2, 0) is 9.84 Å². The fourth-order valence-corrected chi connectivity index (χ4v) is 6.39. The molecule has 2 aromatic rings. The first-order chi connectivity index (χ1) is 20.1. The van der Waals surface area contributed by atoms with Crippen molar-refractivity contribution in [3.8, 4) is 11.5 Å². The molecule has 2 aromatic carbocycles. The van der Waals surface area contributed by atoms with Crippen LogP contribution >= 0.6 is 0 Å². The predicted molar refractivity (Wildman–Crippen MR) is 173 cm³/mol. The second-order valence-corrected chi connectivity index (χ2v) is 13.5. The lowest BCUT2D eigenvalue weighted by Gasteiger charge is -2.10. The van der Waals surface area contributed by atoms with Gasteiger partial charge in [-0.05, 0) is 61.4 Å². The van der Waals surface area contributed by atoms with E-state index in [2.05, 4.69) is 13.8 Å². The minimum atomic E-state index is -3.58. The number of hydrogen-bond acceptors (Lipinski definition) is 4. The fraction of sp³-hybridized carbons (Fsp3) is 0.667. The molecule has 0 aromatic heterocycles. The summed E-state index contributed by atoms with van der Waals surface area (Å²) < 4.78 is 37.9. The molecule has 5 heteroatoms. The molecule has 4 nitrogen and oxygen atoms in total. The standard InChI is InChI=1S/C36H58O4S/c1-3-5-7-9-11-13-15-17-19-21-31-39-33-23-27-35(28-24-33)41(37,38)36-29-25-34(26-30-36)40-32-22-20-18-16-14-12-10-8-6-4-2/h23-30H,3-22,31-32H2,1-2H3. The first-order valence-corrected chi connectivity index (χ1v) is 18.3. The van der Waals surface area contributed by atoms with E-state index in [0.717, 1.165) is 24.3 Å². The molecule has 0 fully saturated rings. The summed E-state index contributed by atoms with van der Waals surface area (Å²) in [7, 11) is -3.58. The molecule has 0 atom stereocenters. The van der Waals surface area contributed by atoms with Crippen molar-refractivity contribution in [2.24, 2.45) is 0 Å². The van der Waals surface area contributed by atoms with Crippen molar-refractivity contribution in [1.82, 2.24) is 0 Å². The minimum Gasteiger partial charge on any atom is -0.494 e. The molecule has 41 heavy (non-hydrogen) atoms. The van der Waals surface area contributed by atoms with Gasteiger partial charge in [0.15, 0.2) is 0 Å². The van der Waals surface area contributed by atoms with Gasteiger partial charge in [0.1, 0.15) is 11.5 Å². The number of rotatable bonds is 26. The Morgan fingerprint density at radius 2 is 0.683 bits per heavy atom. The highest BCUT2D eigenvalue weighted by molar-refractivity contribution is 7.91. The molecule has 0 spiro atoms. The van der Waals surface area contributed by atoms with Crippen molar-refractivity contribution >= 4 is 9.84 Å². The summed E-state index contributed by atoms with van der Waals surface area (Å²) in [5, 5.41) is 0. The topological polar surface area (TPSA) is 52.6 Å². The third-order valence-electron chi connectivity index (χ3n) is 7.80. The molecular weight excluding hydrogens is 528 g/mol. The lowest BCUT2D eigenvalue weighted by Crippen LogP contribution is -2.03. The van der Waals surface area contributed by atoms with E-state index in [9.17, 15) is 8.42 Å². The van der Waals surface area contributed by atoms with Gasteiger partial charge in [0, 0.05) is 0 Å². The third-order valence-corrected chi connectivity index (χ3v) is 9.59. The van der Waals surface area contributed by atoms with Gasteiger partial charge in [-0.1, -0.05) is 129 Å². The molecule has 0 radical (unpaired) electrons. The normalized spacial score (nSPS) is 11.6. The number of unbranched alkanes of at least 4 members (excludes halogenated alkanes) is 18. The van der Waals surface area contributed by atoms with Gasteiger partial charge in [-0.25, -0.2) is 8.42 Å². The third kappa shape index (κ3) is 15.7. The summed E-state index contributed by atoms with van der Waals surface area (Å²) in [4.78, 5) is 0.561. The Bertz CT molecular complexity index is 908. The van der Waals surface area contributed by atoms with E-state index in [1.807, 2.05) is 0 Å². The van der Waals surface area contributed by atoms with Crippen molar-refractivity contribution in [2.75, 3.05) is 13.2 Å². The minimum absolute atomic E-state index is 0.280. The van der Waals surface area contributed by atoms with Crippen LogP contribution in [0.3, 0.4) is 0 Å². The van der Waals surface area contributed by atoms with E-state index >= 15 is 0 Å². The van der Waals surface area contributed by atoms with Crippen molar-refractivity contribution < 1.29 is 17.9 Å². The zero-order valence-electron chi connectivity index (χ0n) is 26.2. The molecule has 0 aliphatic carbocycles. The largest absolute Gasteiger partial charge is 0.494 e. The molecule has 0 saturated carbocycles. The number of sulfone groups is 1. The molecule has 0 unspecified atom stereocenters. The number of benzene rings is 2. The molecule has 232 valence electrons. The molecular formula is C36H58O4S. The highest BCUT2D eigenvalue weighted by atomic mass is 32.2. The van der Waals surface area contributed by atoms with Crippen LogP contribution < -0.4 is 9.47 Å². The summed E-state index contributed by atoms with van der Waals surface area (Å²) >= 11 is 0. The van der Waals surface area contributed by atoms with Crippen molar-refractivity contribution in [2.45, 2.75) is 152 Å². The fourth-order valence-electron chi connectivity index (χ4n) is 5.13. The molecule has 0 bridgehead atoms. The van der Waals surface area contributed by atoms with Crippen molar-refractivity contribution in [1.29, 1.82) is 0 Å². The van der Waals surface area contributed by atoms with Crippen molar-refractivity contribution in [3.05, 3.63) is 48.5 Å². The van der Waals surface area contributed by atoms with E-state index in [0.29, 0.717) is 13.2 Å². The Morgan fingerprint density at radius 3 is 0.976 bits per heavy atom. The first-order valence-electron chi connectivity index (χ1n) is 16.8. The quantitative estimate of drug-likeness (QED) is 0.103. The molecule has 0 heterocycles. The highest BCUT2D eigenvalue weighted by Gasteiger charge is 2.17. The summed E-state index contributed by atoms with van der Waals surface area (Å²) in [6.45, 7) is 5.85. The monoisotopic (exact) mass is 586 g/mol. The molecule has 0 N–H and O–H groups in total. The van der Waals surface area contributed by atoms with Crippen molar-refractivity contribution in [3.63, 3.8) is 0 Å². The van der Waals surface area contributed by atoms with Crippen LogP contribution in [0.25, 0.3) is 0 Å². The maximum absolute atomic E-state index is 13.1. The Hall–Kier alpha value is -2.01. The maximum Gasteiger partial charge on any atom is 0.206 e. The van der Waals surface area contributed by atoms with Gasteiger partial charge < -0.3 is 9.47 Å². The molecule has 0 saturated heterocycles. The van der Waals surface area contributed by atoms with Crippen LogP contribution in [0.4, 0.5) is 0 Å². The van der Waals surface area contributed by atoms with E-state index in [-0.39, 0.29) is 9.79 Å². The van der Waals surface area contributed by atoms with Crippen LogP contribution in [0.1, 0.15) is 142 Å². The number of ether oxygens (including phenoxy) is 2. The van der Waals surface area contributed by atoms with Crippen LogP contribution in [0.5, 0.6) is 11.5 Å². The van der Waals surface area contributed by atoms with Crippen LogP contribution in [-0.4, -0.2) is 21.6 Å². The van der Waals surface area contributed by atoms with E-state index in [1.165, 1.54) is 116 Å². The first kappa shape index (κ1) is 35.2. The zero-order valence-corrected chi connectivity index (χ0v) is 27.0. The molecule has 0 aliphatic heterocycles. The smallest absolute Gasteiger partial charge is 0.206 e. The average molecular weight is 587 g/mol. The summed E-state index contributed by atoms with van der Waals surface area (Å²) in [6, 6.07) is 13.6. The van der Waals surface area contributed by atoms with E-state index < -0.39 is 9.84 Å². The molecule has 0 amide bonds. The maximum atomic E-state index is 13.1. The molecule has 0 aliphatic rings.